The summed E-state index contributed by atoms with van der Waals surface area (Å²) in [6.45, 7) is 0. The zero-order valence-electron chi connectivity index (χ0n) is 7.66. The van der Waals surface area contributed by atoms with Crippen LogP contribution in [-0.4, -0.2) is 12.3 Å². The Balaban J connectivity index is 2.30. The van der Waals surface area contributed by atoms with Gasteiger partial charge >= 0.3 is 6.18 Å². The molecule has 0 aliphatic carbocycles. The number of alkyl halides is 3. The van der Waals surface area contributed by atoms with Crippen LogP contribution < -0.4 is 4.74 Å². The van der Waals surface area contributed by atoms with Crippen molar-refractivity contribution in [2.45, 2.75) is 24.0 Å². The molecule has 82 valence electrons. The molecular weight excluding hydrogens is 225 g/mol. The molecular formula is C10H9F3OS. The summed E-state index contributed by atoms with van der Waals surface area (Å²) in [4.78, 5) is 0. The summed E-state index contributed by atoms with van der Waals surface area (Å²) in [5, 5.41) is -0.415. The van der Waals surface area contributed by atoms with E-state index in [9.17, 15) is 13.2 Å². The molecule has 1 nitrogen and oxygen atoms in total. The van der Waals surface area contributed by atoms with Crippen molar-refractivity contribution in [3.8, 4) is 5.75 Å². The third kappa shape index (κ3) is 2.07. The van der Waals surface area contributed by atoms with E-state index in [0.29, 0.717) is 0 Å². The van der Waals surface area contributed by atoms with E-state index >= 15 is 0 Å². The highest BCUT2D eigenvalue weighted by atomic mass is 32.1. The largest absolute Gasteiger partial charge is 0.481 e. The van der Waals surface area contributed by atoms with Crippen LogP contribution in [-0.2, 0) is 0 Å². The van der Waals surface area contributed by atoms with Gasteiger partial charge in [-0.05, 0) is 6.07 Å². The lowest BCUT2D eigenvalue weighted by atomic mass is 10.0. The van der Waals surface area contributed by atoms with Crippen LogP contribution in [0.3, 0.4) is 0 Å². The second-order valence-electron chi connectivity index (χ2n) is 3.44. The second-order valence-corrected chi connectivity index (χ2v) is 4.06. The molecule has 2 rings (SSSR count). The Kier molecular flexibility index (Phi) is 2.58. The van der Waals surface area contributed by atoms with E-state index in [-0.39, 0.29) is 12.2 Å². The monoisotopic (exact) mass is 234 g/mol. The molecule has 1 aromatic rings. The van der Waals surface area contributed by atoms with Crippen molar-refractivity contribution in [1.29, 1.82) is 0 Å². The number of fused-ring (bicyclic) bond motifs is 1. The summed E-state index contributed by atoms with van der Waals surface area (Å²) in [6, 6.07) is 6.69. The predicted octanol–water partition coefficient (Wildman–Crippen LogP) is 3.37. The summed E-state index contributed by atoms with van der Waals surface area (Å²) < 4.78 is 42.2. The van der Waals surface area contributed by atoms with E-state index in [4.69, 9.17) is 4.74 Å². The van der Waals surface area contributed by atoms with E-state index in [2.05, 4.69) is 12.6 Å². The number of ether oxygens (including phenoxy) is 1. The summed E-state index contributed by atoms with van der Waals surface area (Å²) in [7, 11) is 0. The predicted molar refractivity (Wildman–Crippen MR) is 53.3 cm³/mol. The molecule has 1 aliphatic rings. The first kappa shape index (κ1) is 10.7. The molecule has 2 atom stereocenters. The van der Waals surface area contributed by atoms with Crippen LogP contribution in [0.15, 0.2) is 24.3 Å². The molecule has 0 unspecified atom stereocenters. The number of thiol groups is 1. The average Bonchev–Trinajstić information content (AvgIpc) is 2.16. The number of rotatable bonds is 0. The van der Waals surface area contributed by atoms with Gasteiger partial charge in [-0.3, -0.25) is 0 Å². The lowest BCUT2D eigenvalue weighted by Crippen LogP contribution is -2.37. The third-order valence-electron chi connectivity index (χ3n) is 2.35. The topological polar surface area (TPSA) is 9.23 Å². The fourth-order valence-corrected chi connectivity index (χ4v) is 2.00. The molecule has 0 fully saturated rings. The molecule has 0 bridgehead atoms. The van der Waals surface area contributed by atoms with Gasteiger partial charge in [0.25, 0.3) is 0 Å². The quantitative estimate of drug-likeness (QED) is 0.677. The van der Waals surface area contributed by atoms with Crippen molar-refractivity contribution in [1.82, 2.24) is 0 Å². The highest BCUT2D eigenvalue weighted by Gasteiger charge is 2.45. The van der Waals surface area contributed by atoms with Crippen molar-refractivity contribution in [3.63, 3.8) is 0 Å². The normalized spacial score (nSPS) is 25.6. The molecule has 1 aliphatic heterocycles. The van der Waals surface area contributed by atoms with Crippen molar-refractivity contribution in [2.24, 2.45) is 0 Å². The number of hydrogen-bond donors (Lipinski definition) is 1. The Hall–Kier alpha value is -0.840. The summed E-state index contributed by atoms with van der Waals surface area (Å²) in [5.41, 5.74) is 0.723. The van der Waals surface area contributed by atoms with Crippen molar-refractivity contribution >= 4 is 12.6 Å². The van der Waals surface area contributed by atoms with Gasteiger partial charge in [-0.2, -0.15) is 25.8 Å². The average molecular weight is 234 g/mol. The van der Waals surface area contributed by atoms with Crippen LogP contribution in [0.5, 0.6) is 5.75 Å². The highest BCUT2D eigenvalue weighted by molar-refractivity contribution is 7.80. The minimum atomic E-state index is -4.32. The number of halogens is 3. The minimum Gasteiger partial charge on any atom is -0.481 e. The first-order chi connectivity index (χ1) is 6.98. The van der Waals surface area contributed by atoms with Crippen LogP contribution in [0.4, 0.5) is 13.2 Å². The molecule has 0 saturated carbocycles. The zero-order valence-corrected chi connectivity index (χ0v) is 8.55. The molecule has 0 aromatic heterocycles. The standard InChI is InChI=1S/C10H9F3OS/c11-10(12,13)9-5-8(15)6-3-1-2-4-7(6)14-9/h1-4,8-9,15H,5H2/t8-,9-/m0/s1. The second kappa shape index (κ2) is 3.63. The van der Waals surface area contributed by atoms with Gasteiger partial charge in [0.2, 0.25) is 0 Å². The molecule has 1 aromatic carbocycles. The maximum atomic E-state index is 12.4. The molecule has 15 heavy (non-hydrogen) atoms. The number of benzene rings is 1. The van der Waals surface area contributed by atoms with Crippen molar-refractivity contribution in [3.05, 3.63) is 29.8 Å². The van der Waals surface area contributed by atoms with Gasteiger partial charge < -0.3 is 4.74 Å². The zero-order chi connectivity index (χ0) is 11.1. The number of para-hydroxylation sites is 1. The van der Waals surface area contributed by atoms with E-state index < -0.39 is 17.5 Å². The molecule has 5 heteroatoms. The van der Waals surface area contributed by atoms with Gasteiger partial charge in [0.1, 0.15) is 5.75 Å². The van der Waals surface area contributed by atoms with E-state index in [1.54, 1.807) is 18.2 Å². The van der Waals surface area contributed by atoms with Gasteiger partial charge in [-0.1, -0.05) is 18.2 Å². The molecule has 1 heterocycles. The van der Waals surface area contributed by atoms with Gasteiger partial charge in [0.05, 0.1) is 0 Å². The molecule has 0 spiro atoms. The van der Waals surface area contributed by atoms with Crippen LogP contribution in [0.25, 0.3) is 0 Å². The van der Waals surface area contributed by atoms with Gasteiger partial charge in [0, 0.05) is 17.2 Å². The fourth-order valence-electron chi connectivity index (χ4n) is 1.59. The van der Waals surface area contributed by atoms with Crippen LogP contribution in [0.1, 0.15) is 17.2 Å². The first-order valence-corrected chi connectivity index (χ1v) is 5.00. The Morgan fingerprint density at radius 1 is 1.27 bits per heavy atom. The first-order valence-electron chi connectivity index (χ1n) is 4.49. The molecule has 0 N–H and O–H groups in total. The molecule has 0 amide bonds. The number of hydrogen-bond acceptors (Lipinski definition) is 2. The Bertz CT molecular complexity index is 364. The van der Waals surface area contributed by atoms with Crippen molar-refractivity contribution in [2.75, 3.05) is 0 Å². The smallest absolute Gasteiger partial charge is 0.425 e. The maximum Gasteiger partial charge on any atom is 0.425 e. The van der Waals surface area contributed by atoms with E-state index in [1.165, 1.54) is 6.07 Å². The van der Waals surface area contributed by atoms with Crippen LogP contribution >= 0.6 is 12.6 Å². The summed E-state index contributed by atoms with van der Waals surface area (Å²) in [5.74, 6) is 0.283. The molecule has 0 saturated heterocycles. The lowest BCUT2D eigenvalue weighted by molar-refractivity contribution is -0.199. The Morgan fingerprint density at radius 3 is 2.60 bits per heavy atom. The Morgan fingerprint density at radius 2 is 1.93 bits per heavy atom. The van der Waals surface area contributed by atoms with Crippen LogP contribution in [0, 0.1) is 0 Å². The van der Waals surface area contributed by atoms with E-state index in [0.717, 1.165) is 5.56 Å². The van der Waals surface area contributed by atoms with Gasteiger partial charge in [-0.15, -0.1) is 0 Å². The lowest BCUT2D eigenvalue weighted by Gasteiger charge is -2.30. The maximum absolute atomic E-state index is 12.4. The SMILES string of the molecule is FC(F)(F)[C@@H]1C[C@H](S)c2ccccc2O1. The minimum absolute atomic E-state index is 0.135. The van der Waals surface area contributed by atoms with Gasteiger partial charge in [-0.25, -0.2) is 0 Å². The third-order valence-corrected chi connectivity index (χ3v) is 2.84. The summed E-state index contributed by atoms with van der Waals surface area (Å²) in [6.07, 6.45) is -6.20. The fraction of sp³-hybridized carbons (Fsp3) is 0.400. The van der Waals surface area contributed by atoms with Gasteiger partial charge in [0.15, 0.2) is 6.10 Å². The Labute approximate surface area is 90.7 Å². The van der Waals surface area contributed by atoms with Crippen LogP contribution in [0.2, 0.25) is 0 Å². The van der Waals surface area contributed by atoms with Crippen molar-refractivity contribution < 1.29 is 17.9 Å². The van der Waals surface area contributed by atoms with E-state index in [1.807, 2.05) is 0 Å². The highest BCUT2D eigenvalue weighted by Crippen LogP contribution is 2.42. The molecule has 0 radical (unpaired) electrons. The summed E-state index contributed by atoms with van der Waals surface area (Å²) >= 11 is 4.15.